The van der Waals surface area contributed by atoms with Crippen molar-refractivity contribution in [2.75, 3.05) is 13.2 Å². The zero-order chi connectivity index (χ0) is 25.7. The Hall–Kier alpha value is -0.560. The van der Waals surface area contributed by atoms with Crippen molar-refractivity contribution in [3.05, 3.63) is 25.3 Å². The van der Waals surface area contributed by atoms with Gasteiger partial charge in [0.2, 0.25) is 0 Å². The predicted molar refractivity (Wildman–Crippen MR) is 161 cm³/mol. The van der Waals surface area contributed by atoms with E-state index in [1.54, 1.807) is 0 Å². The molecule has 4 aliphatic carbocycles. The normalized spacial score (nSPS) is 37.2. The highest BCUT2D eigenvalue weighted by Crippen LogP contribution is 2.44. The summed E-state index contributed by atoms with van der Waals surface area (Å²) < 4.78 is 6.20. The Labute approximate surface area is 231 Å². The highest BCUT2D eigenvalue weighted by Gasteiger charge is 2.32. The largest absolute Gasteiger partial charge is 0.381 e. The van der Waals surface area contributed by atoms with Gasteiger partial charge in [0.1, 0.15) is 0 Å². The van der Waals surface area contributed by atoms with Crippen LogP contribution in [-0.2, 0) is 4.74 Å². The first-order chi connectivity index (χ1) is 18.2. The molecule has 4 rings (SSSR count). The number of hydrogen-bond donors (Lipinski definition) is 0. The van der Waals surface area contributed by atoms with E-state index in [1.807, 2.05) is 0 Å². The second-order valence-electron chi connectivity index (χ2n) is 14.0. The van der Waals surface area contributed by atoms with Crippen molar-refractivity contribution in [2.45, 2.75) is 141 Å². The molecular formula is C36H62O. The summed E-state index contributed by atoms with van der Waals surface area (Å²) >= 11 is 0. The molecule has 0 aromatic carbocycles. The third kappa shape index (κ3) is 9.85. The van der Waals surface area contributed by atoms with E-state index in [1.165, 1.54) is 141 Å². The summed E-state index contributed by atoms with van der Waals surface area (Å²) in [5, 5.41) is 0. The maximum absolute atomic E-state index is 6.20. The van der Waals surface area contributed by atoms with Crippen LogP contribution in [0.5, 0.6) is 0 Å². The van der Waals surface area contributed by atoms with Crippen LogP contribution >= 0.6 is 0 Å². The molecule has 0 saturated heterocycles. The average Bonchev–Trinajstić information content (AvgIpc) is 2.96. The zero-order valence-electron chi connectivity index (χ0n) is 24.6. The Kier molecular flexibility index (Phi) is 13.1. The first kappa shape index (κ1) is 29.4. The molecule has 1 heteroatoms. The van der Waals surface area contributed by atoms with Crippen LogP contribution in [0.25, 0.3) is 0 Å². The summed E-state index contributed by atoms with van der Waals surface area (Å²) in [5.41, 5.74) is 0. The lowest BCUT2D eigenvalue weighted by molar-refractivity contribution is 0.0790. The minimum absolute atomic E-state index is 0.947. The standard InChI is InChI=1S/C36H62O/c1-3-5-7-29-9-17-33(18-10-29)35-21-13-31(14-22-35)25-27-37-28-26-32-15-23-36(24-16-32)34-19-11-30(12-20-34)8-6-4-2/h3-4,29-36H,1-2,5-28H2. The van der Waals surface area contributed by atoms with Gasteiger partial charge < -0.3 is 4.74 Å². The molecule has 1 nitrogen and oxygen atoms in total. The summed E-state index contributed by atoms with van der Waals surface area (Å²) in [6.45, 7) is 9.86. The summed E-state index contributed by atoms with van der Waals surface area (Å²) in [6, 6.07) is 0. The van der Waals surface area contributed by atoms with Crippen LogP contribution in [0.4, 0.5) is 0 Å². The highest BCUT2D eigenvalue weighted by atomic mass is 16.5. The molecule has 0 unspecified atom stereocenters. The molecule has 4 fully saturated rings. The number of hydrogen-bond acceptors (Lipinski definition) is 1. The Bertz CT molecular complexity index is 553. The predicted octanol–water partition coefficient (Wildman–Crippen LogP) is 10.9. The van der Waals surface area contributed by atoms with Gasteiger partial charge in [0.15, 0.2) is 0 Å². The summed E-state index contributed by atoms with van der Waals surface area (Å²) in [5.74, 6) is 8.06. The first-order valence-corrected chi connectivity index (χ1v) is 17.0. The fraction of sp³-hybridized carbons (Fsp3) is 0.889. The molecule has 0 aromatic heterocycles. The van der Waals surface area contributed by atoms with Gasteiger partial charge >= 0.3 is 0 Å². The van der Waals surface area contributed by atoms with Crippen LogP contribution in [0.3, 0.4) is 0 Å². The molecular weight excluding hydrogens is 448 g/mol. The molecule has 0 aliphatic heterocycles. The SMILES string of the molecule is C=CCCC1CCC(C2CCC(CCOCCC3CCC(C4CCC(CCC=C)CC4)CC3)CC2)CC1. The van der Waals surface area contributed by atoms with E-state index in [-0.39, 0.29) is 0 Å². The van der Waals surface area contributed by atoms with Gasteiger partial charge in [-0.3, -0.25) is 0 Å². The molecule has 0 spiro atoms. The van der Waals surface area contributed by atoms with Gasteiger partial charge in [-0.2, -0.15) is 0 Å². The molecule has 4 saturated carbocycles. The van der Waals surface area contributed by atoms with Gasteiger partial charge in [0, 0.05) is 13.2 Å². The Balaban J connectivity index is 0.984. The fourth-order valence-corrected chi connectivity index (χ4v) is 9.10. The lowest BCUT2D eigenvalue weighted by atomic mass is 9.68. The van der Waals surface area contributed by atoms with Gasteiger partial charge in [-0.25, -0.2) is 0 Å². The lowest BCUT2D eigenvalue weighted by Gasteiger charge is -2.38. The van der Waals surface area contributed by atoms with Crippen molar-refractivity contribution < 1.29 is 4.74 Å². The second kappa shape index (κ2) is 16.5. The molecule has 0 aromatic rings. The maximum atomic E-state index is 6.20. The van der Waals surface area contributed by atoms with Crippen LogP contribution in [0.15, 0.2) is 25.3 Å². The zero-order valence-corrected chi connectivity index (χ0v) is 24.6. The van der Waals surface area contributed by atoms with E-state index in [4.69, 9.17) is 4.74 Å². The van der Waals surface area contributed by atoms with Gasteiger partial charge in [0.05, 0.1) is 0 Å². The number of rotatable bonds is 14. The van der Waals surface area contributed by atoms with Crippen LogP contribution in [0, 0.1) is 47.3 Å². The van der Waals surface area contributed by atoms with E-state index in [2.05, 4.69) is 25.3 Å². The van der Waals surface area contributed by atoms with Gasteiger partial charge in [-0.1, -0.05) is 63.5 Å². The Morgan fingerprint density at radius 3 is 0.946 bits per heavy atom. The third-order valence-corrected chi connectivity index (χ3v) is 11.8. The van der Waals surface area contributed by atoms with Crippen LogP contribution in [0.2, 0.25) is 0 Å². The average molecular weight is 511 g/mol. The van der Waals surface area contributed by atoms with Gasteiger partial charge in [0.25, 0.3) is 0 Å². The van der Waals surface area contributed by atoms with Crippen molar-refractivity contribution in [3.63, 3.8) is 0 Å². The number of ether oxygens (including phenoxy) is 1. The van der Waals surface area contributed by atoms with Crippen molar-refractivity contribution in [1.29, 1.82) is 0 Å². The summed E-state index contributed by atoms with van der Waals surface area (Å²) in [7, 11) is 0. The fourth-order valence-electron chi connectivity index (χ4n) is 9.10. The van der Waals surface area contributed by atoms with Crippen molar-refractivity contribution in [3.8, 4) is 0 Å². The van der Waals surface area contributed by atoms with E-state index in [9.17, 15) is 0 Å². The summed E-state index contributed by atoms with van der Waals surface area (Å²) in [6.07, 6.45) is 36.0. The van der Waals surface area contributed by atoms with Gasteiger partial charge in [-0.15, -0.1) is 13.2 Å². The van der Waals surface area contributed by atoms with E-state index >= 15 is 0 Å². The first-order valence-electron chi connectivity index (χ1n) is 17.0. The van der Waals surface area contributed by atoms with Crippen LogP contribution < -0.4 is 0 Å². The molecule has 0 radical (unpaired) electrons. The van der Waals surface area contributed by atoms with Crippen LogP contribution in [0.1, 0.15) is 141 Å². The molecule has 4 aliphatic rings. The van der Waals surface area contributed by atoms with Crippen LogP contribution in [-0.4, -0.2) is 13.2 Å². The van der Waals surface area contributed by atoms with E-state index < -0.39 is 0 Å². The second-order valence-corrected chi connectivity index (χ2v) is 14.0. The van der Waals surface area contributed by atoms with Crippen molar-refractivity contribution in [2.24, 2.45) is 47.3 Å². The Morgan fingerprint density at radius 1 is 0.405 bits per heavy atom. The smallest absolute Gasteiger partial charge is 0.0468 e. The highest BCUT2D eigenvalue weighted by molar-refractivity contribution is 4.84. The van der Waals surface area contributed by atoms with Crippen molar-refractivity contribution in [1.82, 2.24) is 0 Å². The van der Waals surface area contributed by atoms with E-state index in [0.717, 1.165) is 60.6 Å². The molecule has 0 atom stereocenters. The molecule has 212 valence electrons. The summed E-state index contributed by atoms with van der Waals surface area (Å²) in [4.78, 5) is 0. The minimum atomic E-state index is 0.947. The quantitative estimate of drug-likeness (QED) is 0.167. The monoisotopic (exact) mass is 510 g/mol. The van der Waals surface area contributed by atoms with Crippen molar-refractivity contribution >= 4 is 0 Å². The molecule has 0 bridgehead atoms. The lowest BCUT2D eigenvalue weighted by Crippen LogP contribution is -2.26. The van der Waals surface area contributed by atoms with E-state index in [0.29, 0.717) is 0 Å². The maximum Gasteiger partial charge on any atom is 0.0468 e. The Morgan fingerprint density at radius 2 is 0.676 bits per heavy atom. The molecule has 37 heavy (non-hydrogen) atoms. The number of allylic oxidation sites excluding steroid dienone is 2. The van der Waals surface area contributed by atoms with Gasteiger partial charge in [-0.05, 0) is 137 Å². The topological polar surface area (TPSA) is 9.23 Å². The minimum Gasteiger partial charge on any atom is -0.381 e. The molecule has 0 heterocycles. The molecule has 0 N–H and O–H groups in total. The third-order valence-electron chi connectivity index (χ3n) is 11.8. The molecule has 0 amide bonds.